The van der Waals surface area contributed by atoms with Crippen molar-refractivity contribution in [3.63, 3.8) is 0 Å². The Morgan fingerprint density at radius 2 is 0.613 bits per heavy atom. The molecular weight excluding hydrogens is 1130 g/mol. The zero-order chi connectivity index (χ0) is 61.6. The highest BCUT2D eigenvalue weighted by Gasteiger charge is 2.23. The molecule has 0 saturated carbocycles. The molecule has 16 aromatic carbocycles. The molecule has 0 radical (unpaired) electrons. The second-order valence-corrected chi connectivity index (χ2v) is 23.9. The first-order valence-electron chi connectivity index (χ1n) is 31.9. The van der Waals surface area contributed by atoms with Crippen LogP contribution in [-0.4, -0.2) is 0 Å². The van der Waals surface area contributed by atoms with Crippen LogP contribution in [0.4, 0.5) is 34.1 Å². The van der Waals surface area contributed by atoms with Gasteiger partial charge in [0.25, 0.3) is 0 Å². The standard InChI is InChI=1S/C90H60N2O/c1-3-20-63(21-4-1)79-55-56-80(85-32-12-11-31-84(79)85)67-43-51-73(52-44-67)91(72-49-41-66(42-50-72)78-34-18-26-64-24-9-10-29-77(64)78)76-28-17-27-71(60-76)81-30-13-15-35-87(81)92(74-47-39-62(40-48-74)70-38-37-61-19-7-8-25-69(61)59-70)75-53-45-68(46-54-75)82-57-58-83(65-22-5-2-6-23-65)90-89(82)86-33-14-16-36-88(86)93-90/h1-60H. The molecule has 1 aromatic heterocycles. The summed E-state index contributed by atoms with van der Waals surface area (Å²) in [5.41, 5.74) is 24.2. The molecule has 0 atom stereocenters. The van der Waals surface area contributed by atoms with Gasteiger partial charge >= 0.3 is 0 Å². The minimum absolute atomic E-state index is 0.874. The molecule has 17 aromatic rings. The Balaban J connectivity index is 0.784. The topological polar surface area (TPSA) is 19.6 Å². The number of rotatable bonds is 13. The van der Waals surface area contributed by atoms with E-state index in [0.29, 0.717) is 0 Å². The third-order valence-electron chi connectivity index (χ3n) is 18.5. The SMILES string of the molecule is c1ccc(-c2ccc(-c3ccc(N(c4ccc(-c5cccc6ccccc56)cc4)c4cccc(-c5ccccc5N(c5ccc(-c6ccc7ccccc7c6)cc5)c5ccc(-c6ccc(-c7ccccc7)c7oc8ccccc8c67)cc5)c4)cc3)c3ccccc23)cc1. The molecule has 3 nitrogen and oxygen atoms in total. The predicted octanol–water partition coefficient (Wildman–Crippen LogP) is 25.7. The van der Waals surface area contributed by atoms with E-state index >= 15 is 0 Å². The van der Waals surface area contributed by atoms with E-state index < -0.39 is 0 Å². The van der Waals surface area contributed by atoms with Crippen LogP contribution < -0.4 is 9.80 Å². The first-order valence-corrected chi connectivity index (χ1v) is 31.9. The molecule has 436 valence electrons. The van der Waals surface area contributed by atoms with Crippen molar-refractivity contribution in [3.8, 4) is 77.9 Å². The molecule has 0 N–H and O–H groups in total. The van der Waals surface area contributed by atoms with Gasteiger partial charge in [-0.15, -0.1) is 0 Å². The minimum atomic E-state index is 0.874. The van der Waals surface area contributed by atoms with Gasteiger partial charge in [-0.05, 0) is 184 Å². The van der Waals surface area contributed by atoms with E-state index in [4.69, 9.17) is 4.42 Å². The lowest BCUT2D eigenvalue weighted by Gasteiger charge is -2.29. The van der Waals surface area contributed by atoms with E-state index in [-0.39, 0.29) is 0 Å². The monoisotopic (exact) mass is 1180 g/mol. The minimum Gasteiger partial charge on any atom is -0.455 e. The summed E-state index contributed by atoms with van der Waals surface area (Å²) >= 11 is 0. The first kappa shape index (κ1) is 54.8. The van der Waals surface area contributed by atoms with Gasteiger partial charge in [0.2, 0.25) is 0 Å². The summed E-state index contributed by atoms with van der Waals surface area (Å²) in [6.45, 7) is 0. The molecule has 0 saturated heterocycles. The zero-order valence-corrected chi connectivity index (χ0v) is 50.9. The Morgan fingerprint density at radius 3 is 1.27 bits per heavy atom. The van der Waals surface area contributed by atoms with Gasteiger partial charge in [-0.2, -0.15) is 0 Å². The highest BCUT2D eigenvalue weighted by Crippen LogP contribution is 2.47. The van der Waals surface area contributed by atoms with Gasteiger partial charge in [-0.25, -0.2) is 0 Å². The molecule has 0 aliphatic heterocycles. The Bertz CT molecular complexity index is 5590. The van der Waals surface area contributed by atoms with E-state index in [1.807, 2.05) is 6.07 Å². The van der Waals surface area contributed by atoms with Gasteiger partial charge in [0.1, 0.15) is 11.2 Å². The molecule has 0 amide bonds. The number of hydrogen-bond donors (Lipinski definition) is 0. The van der Waals surface area contributed by atoms with Crippen LogP contribution in [0.15, 0.2) is 368 Å². The van der Waals surface area contributed by atoms with E-state index in [0.717, 1.165) is 101 Å². The summed E-state index contributed by atoms with van der Waals surface area (Å²) in [4.78, 5) is 4.81. The van der Waals surface area contributed by atoms with E-state index in [1.54, 1.807) is 0 Å². The van der Waals surface area contributed by atoms with Crippen molar-refractivity contribution in [2.24, 2.45) is 0 Å². The fraction of sp³-hybridized carbons (Fsp3) is 0. The molecule has 0 fully saturated rings. The van der Waals surface area contributed by atoms with Crippen LogP contribution in [0.5, 0.6) is 0 Å². The number of furan rings is 1. The van der Waals surface area contributed by atoms with Crippen LogP contribution in [-0.2, 0) is 0 Å². The van der Waals surface area contributed by atoms with Crippen molar-refractivity contribution in [1.82, 2.24) is 0 Å². The number of fused-ring (bicyclic) bond motifs is 6. The van der Waals surface area contributed by atoms with Gasteiger partial charge in [0.05, 0.1) is 5.69 Å². The van der Waals surface area contributed by atoms with Crippen LogP contribution >= 0.6 is 0 Å². The third-order valence-corrected chi connectivity index (χ3v) is 18.5. The van der Waals surface area contributed by atoms with Gasteiger partial charge in [0.15, 0.2) is 0 Å². The van der Waals surface area contributed by atoms with Crippen LogP contribution in [0.25, 0.3) is 132 Å². The molecule has 0 bridgehead atoms. The summed E-state index contributed by atoms with van der Waals surface area (Å²) in [6.07, 6.45) is 0. The lowest BCUT2D eigenvalue weighted by Crippen LogP contribution is -2.12. The summed E-state index contributed by atoms with van der Waals surface area (Å²) < 4.78 is 6.74. The number of anilines is 6. The van der Waals surface area contributed by atoms with Crippen molar-refractivity contribution < 1.29 is 4.42 Å². The zero-order valence-electron chi connectivity index (χ0n) is 50.9. The second-order valence-electron chi connectivity index (χ2n) is 23.9. The van der Waals surface area contributed by atoms with E-state index in [1.165, 1.54) is 65.7 Å². The molecule has 93 heavy (non-hydrogen) atoms. The maximum absolute atomic E-state index is 6.74. The molecule has 0 spiro atoms. The second kappa shape index (κ2) is 23.6. The molecule has 0 unspecified atom stereocenters. The lowest BCUT2D eigenvalue weighted by molar-refractivity contribution is 0.670. The highest BCUT2D eigenvalue weighted by atomic mass is 16.3. The molecule has 0 aliphatic carbocycles. The molecule has 0 aliphatic rings. The predicted molar refractivity (Wildman–Crippen MR) is 394 cm³/mol. The Hall–Kier alpha value is -12.3. The first-order chi connectivity index (χ1) is 46.1. The van der Waals surface area contributed by atoms with Gasteiger partial charge < -0.3 is 14.2 Å². The normalized spacial score (nSPS) is 11.4. The van der Waals surface area contributed by atoms with Crippen LogP contribution in [0.2, 0.25) is 0 Å². The molecule has 3 heteroatoms. The summed E-state index contributed by atoms with van der Waals surface area (Å²) in [5, 5.41) is 9.58. The molecular formula is C90H60N2O. The summed E-state index contributed by atoms with van der Waals surface area (Å²) in [5.74, 6) is 0. The fourth-order valence-corrected chi connectivity index (χ4v) is 14.0. The number of hydrogen-bond acceptors (Lipinski definition) is 3. The Labute approximate surface area is 541 Å². The maximum Gasteiger partial charge on any atom is 0.143 e. The van der Waals surface area contributed by atoms with Crippen molar-refractivity contribution in [2.75, 3.05) is 9.80 Å². The van der Waals surface area contributed by atoms with Crippen molar-refractivity contribution >= 4 is 88.4 Å². The molecule has 1 heterocycles. The maximum atomic E-state index is 6.74. The Morgan fingerprint density at radius 1 is 0.194 bits per heavy atom. The van der Waals surface area contributed by atoms with Crippen LogP contribution in [0.1, 0.15) is 0 Å². The van der Waals surface area contributed by atoms with Crippen molar-refractivity contribution in [2.45, 2.75) is 0 Å². The van der Waals surface area contributed by atoms with Gasteiger partial charge in [0, 0.05) is 50.3 Å². The summed E-state index contributed by atoms with van der Waals surface area (Å²) in [6, 6.07) is 132. The fourth-order valence-electron chi connectivity index (χ4n) is 14.0. The number of para-hydroxylation sites is 2. The van der Waals surface area contributed by atoms with E-state index in [2.05, 4.69) is 368 Å². The molecule has 17 rings (SSSR count). The van der Waals surface area contributed by atoms with Gasteiger partial charge in [-0.1, -0.05) is 279 Å². The third kappa shape index (κ3) is 10.2. The number of nitrogens with zero attached hydrogens (tertiary/aromatic N) is 2. The average molecular weight is 1190 g/mol. The number of benzene rings is 16. The highest BCUT2D eigenvalue weighted by molar-refractivity contribution is 6.16. The van der Waals surface area contributed by atoms with E-state index in [9.17, 15) is 0 Å². The van der Waals surface area contributed by atoms with Gasteiger partial charge in [-0.3, -0.25) is 0 Å². The largest absolute Gasteiger partial charge is 0.455 e. The summed E-state index contributed by atoms with van der Waals surface area (Å²) in [7, 11) is 0. The quantitative estimate of drug-likeness (QED) is 0.115. The van der Waals surface area contributed by atoms with Crippen LogP contribution in [0, 0.1) is 0 Å². The van der Waals surface area contributed by atoms with Crippen LogP contribution in [0.3, 0.4) is 0 Å². The lowest BCUT2D eigenvalue weighted by atomic mass is 9.92. The van der Waals surface area contributed by atoms with Crippen molar-refractivity contribution in [3.05, 3.63) is 364 Å². The average Bonchev–Trinajstić information content (AvgIpc) is 1.71. The smallest absolute Gasteiger partial charge is 0.143 e. The Kier molecular flexibility index (Phi) is 13.9. The van der Waals surface area contributed by atoms with Crippen molar-refractivity contribution in [1.29, 1.82) is 0 Å².